The molecule has 21 heavy (non-hydrogen) atoms. The van der Waals surface area contributed by atoms with Gasteiger partial charge < -0.3 is 19.5 Å². The van der Waals surface area contributed by atoms with Crippen molar-refractivity contribution in [3.8, 4) is 17.2 Å². The van der Waals surface area contributed by atoms with Crippen molar-refractivity contribution in [2.75, 3.05) is 26.6 Å². The molecule has 2 aromatic rings. The summed E-state index contributed by atoms with van der Waals surface area (Å²) in [5, 5.41) is 3.24. The minimum Gasteiger partial charge on any atom is -0.493 e. The molecule has 0 atom stereocenters. The van der Waals surface area contributed by atoms with E-state index in [1.54, 1.807) is 27.5 Å². The minimum atomic E-state index is 0.588. The standard InChI is InChI=1S/C15H17BrN2O3/c1-19-12-6-10(7-13(20-2)15(12)21-3)8-17-14-5-4-11(16)9-18-14/h4-7,9H,8H2,1-3H3,(H,17,18). The first-order chi connectivity index (χ1) is 10.2. The Morgan fingerprint density at radius 1 is 1.05 bits per heavy atom. The van der Waals surface area contributed by atoms with Crippen LogP contribution in [0.4, 0.5) is 5.82 Å². The number of aromatic nitrogens is 1. The highest BCUT2D eigenvalue weighted by Gasteiger charge is 2.12. The largest absolute Gasteiger partial charge is 0.493 e. The van der Waals surface area contributed by atoms with Crippen molar-refractivity contribution in [2.24, 2.45) is 0 Å². The Bertz CT molecular complexity index is 577. The number of methoxy groups -OCH3 is 3. The SMILES string of the molecule is COc1cc(CNc2ccc(Br)cn2)cc(OC)c1OC. The molecule has 1 aromatic heterocycles. The number of ether oxygens (including phenoxy) is 3. The van der Waals surface area contributed by atoms with Crippen molar-refractivity contribution in [1.29, 1.82) is 0 Å². The summed E-state index contributed by atoms with van der Waals surface area (Å²) in [7, 11) is 4.79. The number of pyridine rings is 1. The number of benzene rings is 1. The maximum atomic E-state index is 5.33. The van der Waals surface area contributed by atoms with Crippen LogP contribution in [0.1, 0.15) is 5.56 Å². The van der Waals surface area contributed by atoms with Crippen LogP contribution in [-0.4, -0.2) is 26.3 Å². The van der Waals surface area contributed by atoms with Gasteiger partial charge in [-0.1, -0.05) is 0 Å². The van der Waals surface area contributed by atoms with Gasteiger partial charge >= 0.3 is 0 Å². The summed E-state index contributed by atoms with van der Waals surface area (Å²) in [4.78, 5) is 4.27. The predicted molar refractivity (Wildman–Crippen MR) is 85.4 cm³/mol. The molecule has 0 amide bonds. The normalized spacial score (nSPS) is 10.1. The lowest BCUT2D eigenvalue weighted by Crippen LogP contribution is -2.03. The Morgan fingerprint density at radius 3 is 2.19 bits per heavy atom. The first-order valence-corrected chi connectivity index (χ1v) is 7.11. The lowest BCUT2D eigenvalue weighted by Gasteiger charge is -2.14. The molecule has 0 aliphatic rings. The molecular formula is C15H17BrN2O3. The van der Waals surface area contributed by atoms with E-state index in [1.165, 1.54) is 0 Å². The molecule has 1 N–H and O–H groups in total. The van der Waals surface area contributed by atoms with Gasteiger partial charge in [-0.25, -0.2) is 4.98 Å². The molecule has 0 unspecified atom stereocenters. The molecule has 0 aliphatic heterocycles. The predicted octanol–water partition coefficient (Wildman–Crippen LogP) is 3.48. The molecule has 1 aromatic carbocycles. The van der Waals surface area contributed by atoms with Gasteiger partial charge in [-0.05, 0) is 45.8 Å². The lowest BCUT2D eigenvalue weighted by molar-refractivity contribution is 0.324. The van der Waals surface area contributed by atoms with Gasteiger partial charge in [0.1, 0.15) is 5.82 Å². The van der Waals surface area contributed by atoms with Gasteiger partial charge in [0.25, 0.3) is 0 Å². The van der Waals surface area contributed by atoms with E-state index in [1.807, 2.05) is 24.3 Å². The summed E-state index contributed by atoms with van der Waals surface area (Å²) >= 11 is 3.36. The van der Waals surface area contributed by atoms with E-state index in [9.17, 15) is 0 Å². The van der Waals surface area contributed by atoms with E-state index in [0.717, 1.165) is 15.9 Å². The maximum absolute atomic E-state index is 5.33. The van der Waals surface area contributed by atoms with Gasteiger partial charge in [0.15, 0.2) is 11.5 Å². The second kappa shape index (κ2) is 7.17. The highest BCUT2D eigenvalue weighted by molar-refractivity contribution is 9.10. The van der Waals surface area contributed by atoms with E-state index in [0.29, 0.717) is 23.8 Å². The number of anilines is 1. The zero-order chi connectivity index (χ0) is 15.2. The Morgan fingerprint density at radius 2 is 1.71 bits per heavy atom. The summed E-state index contributed by atoms with van der Waals surface area (Å²) < 4.78 is 16.9. The molecule has 0 bridgehead atoms. The van der Waals surface area contributed by atoms with Gasteiger partial charge in [-0.2, -0.15) is 0 Å². The molecule has 0 saturated carbocycles. The van der Waals surface area contributed by atoms with Crippen LogP contribution in [-0.2, 0) is 6.54 Å². The average molecular weight is 353 g/mol. The fraction of sp³-hybridized carbons (Fsp3) is 0.267. The van der Waals surface area contributed by atoms with E-state index in [4.69, 9.17) is 14.2 Å². The quantitative estimate of drug-likeness (QED) is 0.862. The third kappa shape index (κ3) is 3.78. The van der Waals surface area contributed by atoms with Crippen LogP contribution in [0.25, 0.3) is 0 Å². The Hall–Kier alpha value is -1.95. The fourth-order valence-electron chi connectivity index (χ4n) is 1.91. The van der Waals surface area contributed by atoms with Crippen LogP contribution in [0.5, 0.6) is 17.2 Å². The van der Waals surface area contributed by atoms with Crippen LogP contribution in [0, 0.1) is 0 Å². The summed E-state index contributed by atoms with van der Waals surface area (Å²) in [6, 6.07) is 7.66. The van der Waals surface area contributed by atoms with Crippen molar-refractivity contribution in [3.05, 3.63) is 40.5 Å². The molecule has 0 fully saturated rings. The minimum absolute atomic E-state index is 0.588. The Labute approximate surface area is 132 Å². The maximum Gasteiger partial charge on any atom is 0.203 e. The zero-order valence-electron chi connectivity index (χ0n) is 12.1. The highest BCUT2D eigenvalue weighted by Crippen LogP contribution is 2.38. The van der Waals surface area contributed by atoms with E-state index in [2.05, 4.69) is 26.2 Å². The molecule has 0 saturated heterocycles. The molecule has 0 radical (unpaired) electrons. The molecule has 1 heterocycles. The van der Waals surface area contributed by atoms with E-state index in [-0.39, 0.29) is 0 Å². The highest BCUT2D eigenvalue weighted by atomic mass is 79.9. The molecule has 6 heteroatoms. The van der Waals surface area contributed by atoms with Gasteiger partial charge in [0.05, 0.1) is 21.3 Å². The average Bonchev–Trinajstić information content (AvgIpc) is 2.53. The summed E-state index contributed by atoms with van der Waals surface area (Å²) in [5.41, 5.74) is 1.01. The fourth-order valence-corrected chi connectivity index (χ4v) is 2.15. The summed E-state index contributed by atoms with van der Waals surface area (Å²) in [6.45, 7) is 0.603. The molecule has 0 aliphatic carbocycles. The monoisotopic (exact) mass is 352 g/mol. The third-order valence-electron chi connectivity index (χ3n) is 2.93. The smallest absolute Gasteiger partial charge is 0.203 e. The Balaban J connectivity index is 2.18. The van der Waals surface area contributed by atoms with Crippen molar-refractivity contribution in [2.45, 2.75) is 6.54 Å². The van der Waals surface area contributed by atoms with Crippen LogP contribution < -0.4 is 19.5 Å². The van der Waals surface area contributed by atoms with Gasteiger partial charge in [-0.15, -0.1) is 0 Å². The number of rotatable bonds is 6. The second-order valence-corrected chi connectivity index (χ2v) is 5.16. The van der Waals surface area contributed by atoms with Crippen molar-refractivity contribution < 1.29 is 14.2 Å². The number of hydrogen-bond donors (Lipinski definition) is 1. The number of nitrogens with one attached hydrogen (secondary N) is 1. The van der Waals surface area contributed by atoms with Crippen molar-refractivity contribution in [3.63, 3.8) is 0 Å². The van der Waals surface area contributed by atoms with E-state index < -0.39 is 0 Å². The molecule has 0 spiro atoms. The third-order valence-corrected chi connectivity index (χ3v) is 3.39. The molecular weight excluding hydrogens is 336 g/mol. The van der Waals surface area contributed by atoms with Gasteiger partial charge in [0, 0.05) is 17.2 Å². The summed E-state index contributed by atoms with van der Waals surface area (Å²) in [6.07, 6.45) is 1.75. The lowest BCUT2D eigenvalue weighted by atomic mass is 10.1. The van der Waals surface area contributed by atoms with Gasteiger partial charge in [0.2, 0.25) is 5.75 Å². The first-order valence-electron chi connectivity index (χ1n) is 6.32. The van der Waals surface area contributed by atoms with Crippen LogP contribution in [0.3, 0.4) is 0 Å². The summed E-state index contributed by atoms with van der Waals surface area (Å²) in [5.74, 6) is 2.66. The first kappa shape index (κ1) is 15.4. The molecule has 2 rings (SSSR count). The van der Waals surface area contributed by atoms with Crippen molar-refractivity contribution in [1.82, 2.24) is 4.98 Å². The number of hydrogen-bond acceptors (Lipinski definition) is 5. The topological polar surface area (TPSA) is 52.6 Å². The zero-order valence-corrected chi connectivity index (χ0v) is 13.7. The molecule has 112 valence electrons. The van der Waals surface area contributed by atoms with Crippen LogP contribution in [0.2, 0.25) is 0 Å². The second-order valence-electron chi connectivity index (χ2n) is 4.25. The van der Waals surface area contributed by atoms with Gasteiger partial charge in [-0.3, -0.25) is 0 Å². The number of nitrogens with zero attached hydrogens (tertiary/aromatic N) is 1. The van der Waals surface area contributed by atoms with Crippen LogP contribution in [0.15, 0.2) is 34.9 Å². The Kier molecular flexibility index (Phi) is 5.27. The van der Waals surface area contributed by atoms with Crippen molar-refractivity contribution >= 4 is 21.7 Å². The van der Waals surface area contributed by atoms with Crippen LogP contribution >= 0.6 is 15.9 Å². The molecule has 5 nitrogen and oxygen atoms in total. The number of halogens is 1. The van der Waals surface area contributed by atoms with E-state index >= 15 is 0 Å².